The van der Waals surface area contributed by atoms with E-state index in [1.165, 1.54) is 24.3 Å². The fourth-order valence-electron chi connectivity index (χ4n) is 3.40. The van der Waals surface area contributed by atoms with Gasteiger partial charge in [0.15, 0.2) is 11.0 Å². The van der Waals surface area contributed by atoms with E-state index in [9.17, 15) is 19.7 Å². The third kappa shape index (κ3) is 7.25. The number of nitrogens with zero attached hydrogens (tertiary/aromatic N) is 4. The highest BCUT2D eigenvalue weighted by Gasteiger charge is 2.27. The molecule has 14 heteroatoms. The standard InChI is InChI=1S/C24H23Cl3N6O4S/c1-4-9-32-22(21(13(2)3)29-23(35)16-7-5-14(25)10-18(16)27)30-31-24(32)38-12-20(34)28-19-11-15(33(36)37)6-8-17(19)26/h4-8,10-11,13,21H,1,9,12H2,2-3H3,(H,28,34)(H,29,35)/t21-/m1/s1. The molecule has 1 aromatic heterocycles. The van der Waals surface area contributed by atoms with Crippen LogP contribution in [0.15, 0.2) is 54.2 Å². The second kappa shape index (κ2) is 13.1. The molecule has 2 aromatic carbocycles. The number of amides is 2. The molecular weight excluding hydrogens is 575 g/mol. The summed E-state index contributed by atoms with van der Waals surface area (Å²) in [5, 5.41) is 26.3. The predicted molar refractivity (Wildman–Crippen MR) is 149 cm³/mol. The van der Waals surface area contributed by atoms with Crippen molar-refractivity contribution in [3.05, 3.63) is 85.6 Å². The van der Waals surface area contributed by atoms with Crippen LogP contribution in [0.25, 0.3) is 0 Å². The van der Waals surface area contributed by atoms with Crippen molar-refractivity contribution in [3.63, 3.8) is 0 Å². The molecule has 3 rings (SSSR count). The van der Waals surface area contributed by atoms with Crippen LogP contribution in [0.2, 0.25) is 15.1 Å². The van der Waals surface area contributed by atoms with Crippen molar-refractivity contribution < 1.29 is 14.5 Å². The number of carbonyl (C=O) groups is 2. The SMILES string of the molecule is C=CCn1c(SCC(=O)Nc2cc([N+](=O)[O-])ccc2Cl)nnc1[C@H](NC(=O)c1ccc(Cl)cc1Cl)C(C)C. The number of nitro groups is 1. The molecule has 0 aliphatic heterocycles. The van der Waals surface area contributed by atoms with E-state index in [1.807, 2.05) is 13.8 Å². The van der Waals surface area contributed by atoms with E-state index in [2.05, 4.69) is 27.4 Å². The van der Waals surface area contributed by atoms with Gasteiger partial charge >= 0.3 is 0 Å². The maximum Gasteiger partial charge on any atom is 0.271 e. The van der Waals surface area contributed by atoms with Crippen molar-refractivity contribution in [1.29, 1.82) is 0 Å². The van der Waals surface area contributed by atoms with Crippen molar-refractivity contribution in [3.8, 4) is 0 Å². The Labute approximate surface area is 237 Å². The Hall–Kier alpha value is -3.12. The van der Waals surface area contributed by atoms with Crippen LogP contribution in [0.4, 0.5) is 11.4 Å². The average Bonchev–Trinajstić information content (AvgIpc) is 3.24. The largest absolute Gasteiger partial charge is 0.342 e. The summed E-state index contributed by atoms with van der Waals surface area (Å²) in [6.45, 7) is 7.95. The Bertz CT molecular complexity index is 1380. The number of nitro benzene ring substituents is 1. The molecule has 0 unspecified atom stereocenters. The molecule has 0 radical (unpaired) electrons. The van der Waals surface area contributed by atoms with Crippen molar-refractivity contribution in [1.82, 2.24) is 20.1 Å². The molecule has 0 saturated carbocycles. The van der Waals surface area contributed by atoms with Crippen LogP contribution in [0.1, 0.15) is 36.1 Å². The number of halogens is 3. The molecule has 2 N–H and O–H groups in total. The van der Waals surface area contributed by atoms with Gasteiger partial charge in [-0.2, -0.15) is 0 Å². The number of aromatic nitrogens is 3. The minimum Gasteiger partial charge on any atom is -0.342 e. The quantitative estimate of drug-likeness (QED) is 0.117. The second-order valence-corrected chi connectivity index (χ2v) is 10.5. The first-order valence-electron chi connectivity index (χ1n) is 11.2. The van der Waals surface area contributed by atoms with Gasteiger partial charge in [-0.1, -0.05) is 66.5 Å². The molecule has 38 heavy (non-hydrogen) atoms. The first-order chi connectivity index (χ1) is 18.0. The molecule has 1 atom stereocenters. The van der Waals surface area contributed by atoms with Crippen LogP contribution in [0, 0.1) is 16.0 Å². The predicted octanol–water partition coefficient (Wildman–Crippen LogP) is 6.19. The van der Waals surface area contributed by atoms with Gasteiger partial charge in [-0.15, -0.1) is 16.8 Å². The highest BCUT2D eigenvalue weighted by Crippen LogP contribution is 2.29. The monoisotopic (exact) mass is 596 g/mol. The van der Waals surface area contributed by atoms with Crippen molar-refractivity contribution in [2.24, 2.45) is 5.92 Å². The van der Waals surface area contributed by atoms with Crippen LogP contribution in [0.3, 0.4) is 0 Å². The Morgan fingerprint density at radius 1 is 1.16 bits per heavy atom. The maximum atomic E-state index is 13.0. The first kappa shape index (κ1) is 29.4. The third-order valence-corrected chi connectivity index (χ3v) is 7.08. The molecule has 0 saturated heterocycles. The van der Waals surface area contributed by atoms with Gasteiger partial charge in [0.2, 0.25) is 5.91 Å². The zero-order valence-corrected chi connectivity index (χ0v) is 23.4. The number of non-ortho nitro benzene ring substituents is 1. The van der Waals surface area contributed by atoms with Gasteiger partial charge in [0, 0.05) is 23.7 Å². The minimum absolute atomic E-state index is 0.0741. The first-order valence-corrected chi connectivity index (χ1v) is 13.3. The van der Waals surface area contributed by atoms with E-state index in [-0.39, 0.29) is 38.7 Å². The number of hydrogen-bond acceptors (Lipinski definition) is 7. The smallest absolute Gasteiger partial charge is 0.271 e. The maximum absolute atomic E-state index is 13.0. The van der Waals surface area contributed by atoms with Crippen molar-refractivity contribution >= 4 is 69.8 Å². The topological polar surface area (TPSA) is 132 Å². The van der Waals surface area contributed by atoms with E-state index < -0.39 is 22.8 Å². The number of anilines is 1. The second-order valence-electron chi connectivity index (χ2n) is 8.32. The molecule has 0 aliphatic rings. The number of thioether (sulfide) groups is 1. The summed E-state index contributed by atoms with van der Waals surface area (Å²) in [6.07, 6.45) is 1.65. The molecule has 1 heterocycles. The summed E-state index contributed by atoms with van der Waals surface area (Å²) in [5.41, 5.74) is 0.195. The van der Waals surface area contributed by atoms with Gasteiger partial charge in [-0.05, 0) is 30.2 Å². The molecule has 2 amide bonds. The van der Waals surface area contributed by atoms with Crippen LogP contribution in [-0.2, 0) is 11.3 Å². The lowest BCUT2D eigenvalue weighted by molar-refractivity contribution is -0.384. The number of rotatable bonds is 11. The zero-order chi connectivity index (χ0) is 28.0. The Balaban J connectivity index is 1.78. The number of allylic oxidation sites excluding steroid dienone is 1. The number of nitrogens with one attached hydrogen (secondary N) is 2. The Morgan fingerprint density at radius 3 is 2.53 bits per heavy atom. The summed E-state index contributed by atoms with van der Waals surface area (Å²) in [4.78, 5) is 36.0. The van der Waals surface area contributed by atoms with Gasteiger partial charge in [-0.3, -0.25) is 19.7 Å². The van der Waals surface area contributed by atoms with Gasteiger partial charge < -0.3 is 15.2 Å². The molecule has 3 aromatic rings. The number of carbonyl (C=O) groups excluding carboxylic acids is 2. The summed E-state index contributed by atoms with van der Waals surface area (Å²) in [7, 11) is 0. The fraction of sp³-hybridized carbons (Fsp3) is 0.250. The van der Waals surface area contributed by atoms with Gasteiger partial charge in [0.25, 0.3) is 11.6 Å². The molecule has 0 spiro atoms. The van der Waals surface area contributed by atoms with Crippen molar-refractivity contribution in [2.75, 3.05) is 11.1 Å². The molecule has 0 aliphatic carbocycles. The minimum atomic E-state index is -0.579. The zero-order valence-electron chi connectivity index (χ0n) is 20.3. The summed E-state index contributed by atoms with van der Waals surface area (Å²) < 4.78 is 1.75. The normalized spacial score (nSPS) is 11.7. The van der Waals surface area contributed by atoms with Crippen LogP contribution < -0.4 is 10.6 Å². The van der Waals surface area contributed by atoms with E-state index in [0.717, 1.165) is 11.8 Å². The lowest BCUT2D eigenvalue weighted by atomic mass is 10.0. The van der Waals surface area contributed by atoms with E-state index in [1.54, 1.807) is 22.8 Å². The highest BCUT2D eigenvalue weighted by molar-refractivity contribution is 7.99. The number of hydrogen-bond donors (Lipinski definition) is 2. The summed E-state index contributed by atoms with van der Waals surface area (Å²) in [5.74, 6) is -0.523. The van der Waals surface area contributed by atoms with E-state index in [0.29, 0.717) is 22.5 Å². The van der Waals surface area contributed by atoms with Crippen LogP contribution >= 0.6 is 46.6 Å². The summed E-state index contributed by atoms with van der Waals surface area (Å²) in [6, 6.07) is 7.85. The van der Waals surface area contributed by atoms with Crippen LogP contribution in [-0.4, -0.2) is 37.3 Å². The summed E-state index contributed by atoms with van der Waals surface area (Å²) >= 11 is 19.3. The van der Waals surface area contributed by atoms with Crippen molar-refractivity contribution in [2.45, 2.75) is 31.6 Å². The van der Waals surface area contributed by atoms with Gasteiger partial charge in [-0.25, -0.2) is 0 Å². The fourth-order valence-corrected chi connectivity index (χ4v) is 4.81. The molecule has 200 valence electrons. The lowest BCUT2D eigenvalue weighted by Crippen LogP contribution is -2.34. The number of benzene rings is 2. The highest BCUT2D eigenvalue weighted by atomic mass is 35.5. The average molecular weight is 598 g/mol. The molecule has 0 fully saturated rings. The van der Waals surface area contributed by atoms with Crippen LogP contribution in [0.5, 0.6) is 0 Å². The van der Waals surface area contributed by atoms with Gasteiger partial charge in [0.05, 0.1) is 38.0 Å². The lowest BCUT2D eigenvalue weighted by Gasteiger charge is -2.23. The molecule has 0 bridgehead atoms. The molecule has 10 nitrogen and oxygen atoms in total. The Morgan fingerprint density at radius 2 is 1.89 bits per heavy atom. The van der Waals surface area contributed by atoms with Gasteiger partial charge in [0.1, 0.15) is 0 Å². The van der Waals surface area contributed by atoms with E-state index >= 15 is 0 Å². The Kier molecular flexibility index (Phi) is 10.1. The third-order valence-electron chi connectivity index (χ3n) is 5.23. The molecular formula is C24H23Cl3N6O4S. The van der Waals surface area contributed by atoms with E-state index in [4.69, 9.17) is 34.8 Å².